The van der Waals surface area contributed by atoms with Gasteiger partial charge in [-0.05, 0) is 31.2 Å². The molecule has 0 aliphatic heterocycles. The van der Waals surface area contributed by atoms with E-state index in [1.807, 2.05) is 25.2 Å². The van der Waals surface area contributed by atoms with Crippen LogP contribution in [0.5, 0.6) is 11.5 Å². The number of methoxy groups -OCH3 is 2. The van der Waals surface area contributed by atoms with E-state index in [2.05, 4.69) is 20.8 Å². The number of ether oxygens (including phenoxy) is 2. The zero-order valence-electron chi connectivity index (χ0n) is 12.5. The lowest BCUT2D eigenvalue weighted by atomic mass is 10.1. The number of nitrogens with one attached hydrogen (secondary N) is 2. The molecule has 0 saturated carbocycles. The molecule has 0 spiro atoms. The van der Waals surface area contributed by atoms with Crippen molar-refractivity contribution in [1.29, 1.82) is 0 Å². The van der Waals surface area contributed by atoms with Gasteiger partial charge in [-0.15, -0.1) is 5.10 Å². The summed E-state index contributed by atoms with van der Waals surface area (Å²) in [6.45, 7) is 1.24. The minimum Gasteiger partial charge on any atom is -0.497 e. The first kappa shape index (κ1) is 15.1. The smallest absolute Gasteiger partial charge is 0.315 e. The Morgan fingerprint density at radius 2 is 1.81 bits per heavy atom. The van der Waals surface area contributed by atoms with Gasteiger partial charge in [-0.3, -0.25) is 0 Å². The van der Waals surface area contributed by atoms with E-state index in [0.29, 0.717) is 25.0 Å². The summed E-state index contributed by atoms with van der Waals surface area (Å²) in [5.74, 6) is 2.11. The fourth-order valence-corrected chi connectivity index (χ4v) is 1.87. The van der Waals surface area contributed by atoms with Crippen LogP contribution in [-0.4, -0.2) is 38.0 Å². The van der Waals surface area contributed by atoms with Crippen LogP contribution in [0.3, 0.4) is 0 Å². The van der Waals surface area contributed by atoms with Gasteiger partial charge in [0.25, 0.3) is 0 Å². The number of nitrogens with zero attached hydrogens (tertiary/aromatic N) is 2. The third-order valence-electron chi connectivity index (χ3n) is 2.90. The van der Waals surface area contributed by atoms with E-state index in [-0.39, 0.29) is 0 Å². The van der Waals surface area contributed by atoms with Gasteiger partial charge < -0.3 is 24.5 Å². The van der Waals surface area contributed by atoms with E-state index in [4.69, 9.17) is 13.9 Å². The summed E-state index contributed by atoms with van der Waals surface area (Å²) in [5, 5.41) is 13.9. The highest BCUT2D eigenvalue weighted by atomic mass is 16.5. The van der Waals surface area contributed by atoms with Gasteiger partial charge >= 0.3 is 6.01 Å². The molecule has 2 N–H and O–H groups in total. The van der Waals surface area contributed by atoms with Gasteiger partial charge in [0.05, 0.1) is 20.8 Å². The molecule has 0 amide bonds. The van der Waals surface area contributed by atoms with Gasteiger partial charge in [0.2, 0.25) is 5.89 Å². The van der Waals surface area contributed by atoms with Crippen molar-refractivity contribution in [2.24, 2.45) is 0 Å². The SMILES string of the molecule is CNCc1nnc(NCCc2cc(OC)cc(OC)c2)o1. The van der Waals surface area contributed by atoms with E-state index >= 15 is 0 Å². The molecule has 0 fully saturated rings. The maximum absolute atomic E-state index is 5.41. The number of hydrogen-bond acceptors (Lipinski definition) is 7. The Morgan fingerprint density at radius 3 is 2.43 bits per heavy atom. The van der Waals surface area contributed by atoms with Crippen LogP contribution >= 0.6 is 0 Å². The standard InChI is InChI=1S/C14H20N4O3/c1-15-9-13-17-18-14(21-13)16-5-4-10-6-11(19-2)8-12(7-10)20-3/h6-8,15H,4-5,9H2,1-3H3,(H,16,18). The molecule has 0 aliphatic rings. The summed E-state index contributed by atoms with van der Waals surface area (Å²) in [5.41, 5.74) is 1.11. The van der Waals surface area contributed by atoms with Gasteiger partial charge in [0.1, 0.15) is 11.5 Å². The van der Waals surface area contributed by atoms with Crippen LogP contribution in [0.25, 0.3) is 0 Å². The molecule has 1 heterocycles. The monoisotopic (exact) mass is 292 g/mol. The lowest BCUT2D eigenvalue weighted by Crippen LogP contribution is -2.06. The fraction of sp³-hybridized carbons (Fsp3) is 0.429. The first-order valence-electron chi connectivity index (χ1n) is 6.68. The Kier molecular flexibility index (Phi) is 5.39. The molecule has 1 aromatic heterocycles. The highest BCUT2D eigenvalue weighted by molar-refractivity contribution is 5.38. The zero-order valence-corrected chi connectivity index (χ0v) is 12.5. The quantitative estimate of drug-likeness (QED) is 0.762. The lowest BCUT2D eigenvalue weighted by Gasteiger charge is -2.08. The molecule has 7 heteroatoms. The van der Waals surface area contributed by atoms with Gasteiger partial charge in [-0.1, -0.05) is 5.10 Å². The minimum absolute atomic E-state index is 0.426. The maximum atomic E-state index is 5.41. The van der Waals surface area contributed by atoms with Crippen molar-refractivity contribution in [2.45, 2.75) is 13.0 Å². The van der Waals surface area contributed by atoms with Crippen molar-refractivity contribution in [2.75, 3.05) is 33.1 Å². The van der Waals surface area contributed by atoms with Crippen molar-refractivity contribution < 1.29 is 13.9 Å². The molecule has 7 nitrogen and oxygen atoms in total. The summed E-state index contributed by atoms with van der Waals surface area (Å²) in [4.78, 5) is 0. The first-order chi connectivity index (χ1) is 10.2. The molecule has 2 aromatic rings. The van der Waals surface area contributed by atoms with Crippen LogP contribution in [0.1, 0.15) is 11.5 Å². The first-order valence-corrected chi connectivity index (χ1v) is 6.68. The van der Waals surface area contributed by atoms with E-state index in [1.165, 1.54) is 0 Å². The number of rotatable bonds is 8. The van der Waals surface area contributed by atoms with Gasteiger partial charge in [-0.2, -0.15) is 0 Å². The van der Waals surface area contributed by atoms with Gasteiger partial charge in [0.15, 0.2) is 0 Å². The Balaban J connectivity index is 1.90. The fourth-order valence-electron chi connectivity index (χ4n) is 1.87. The Morgan fingerprint density at radius 1 is 1.10 bits per heavy atom. The zero-order chi connectivity index (χ0) is 15.1. The molecule has 0 radical (unpaired) electrons. The van der Waals surface area contributed by atoms with E-state index in [0.717, 1.165) is 23.5 Å². The van der Waals surface area contributed by atoms with Crippen LogP contribution < -0.4 is 20.1 Å². The molecule has 0 saturated heterocycles. The molecule has 1 aromatic carbocycles. The van der Waals surface area contributed by atoms with Crippen molar-refractivity contribution in [3.05, 3.63) is 29.7 Å². The van der Waals surface area contributed by atoms with E-state index in [9.17, 15) is 0 Å². The van der Waals surface area contributed by atoms with Crippen molar-refractivity contribution in [3.63, 3.8) is 0 Å². The highest BCUT2D eigenvalue weighted by Gasteiger charge is 2.05. The molecular weight excluding hydrogens is 272 g/mol. The van der Waals surface area contributed by atoms with Gasteiger partial charge in [0, 0.05) is 12.6 Å². The number of anilines is 1. The number of benzene rings is 1. The van der Waals surface area contributed by atoms with E-state index in [1.54, 1.807) is 14.2 Å². The molecule has 0 atom stereocenters. The molecule has 0 unspecified atom stereocenters. The van der Waals surface area contributed by atoms with E-state index < -0.39 is 0 Å². The van der Waals surface area contributed by atoms with Crippen LogP contribution in [0.4, 0.5) is 6.01 Å². The lowest BCUT2D eigenvalue weighted by molar-refractivity contribution is 0.393. The van der Waals surface area contributed by atoms with Crippen LogP contribution in [0.2, 0.25) is 0 Å². The second-order valence-corrected chi connectivity index (χ2v) is 4.43. The number of aromatic nitrogens is 2. The predicted molar refractivity (Wildman–Crippen MR) is 78.8 cm³/mol. The van der Waals surface area contributed by atoms with Crippen molar-refractivity contribution in [3.8, 4) is 11.5 Å². The molecule has 21 heavy (non-hydrogen) atoms. The van der Waals surface area contributed by atoms with Crippen LogP contribution in [0.15, 0.2) is 22.6 Å². The third kappa shape index (κ3) is 4.35. The summed E-state index contributed by atoms with van der Waals surface area (Å²) >= 11 is 0. The second-order valence-electron chi connectivity index (χ2n) is 4.43. The predicted octanol–water partition coefficient (Wildman–Crippen LogP) is 1.46. The summed E-state index contributed by atoms with van der Waals surface area (Å²) < 4.78 is 15.9. The summed E-state index contributed by atoms with van der Waals surface area (Å²) in [7, 11) is 5.10. The van der Waals surface area contributed by atoms with Gasteiger partial charge in [-0.25, -0.2) is 0 Å². The highest BCUT2D eigenvalue weighted by Crippen LogP contribution is 2.22. The molecule has 0 bridgehead atoms. The maximum Gasteiger partial charge on any atom is 0.315 e. The summed E-state index contributed by atoms with van der Waals surface area (Å²) in [6.07, 6.45) is 0.789. The molecule has 0 aliphatic carbocycles. The number of hydrogen-bond donors (Lipinski definition) is 2. The van der Waals surface area contributed by atoms with Crippen LogP contribution in [-0.2, 0) is 13.0 Å². The van der Waals surface area contributed by atoms with Crippen molar-refractivity contribution >= 4 is 6.01 Å². The normalized spacial score (nSPS) is 10.4. The second kappa shape index (κ2) is 7.49. The largest absolute Gasteiger partial charge is 0.497 e. The third-order valence-corrected chi connectivity index (χ3v) is 2.90. The average Bonchev–Trinajstić information content (AvgIpc) is 2.95. The van der Waals surface area contributed by atoms with Crippen molar-refractivity contribution in [1.82, 2.24) is 15.5 Å². The summed E-state index contributed by atoms with van der Waals surface area (Å²) in [6, 6.07) is 6.23. The Labute approximate surface area is 123 Å². The van der Waals surface area contributed by atoms with Crippen LogP contribution in [0, 0.1) is 0 Å². The molecule has 114 valence electrons. The molecule has 2 rings (SSSR count). The minimum atomic E-state index is 0.426. The Hall–Kier alpha value is -2.28. The topological polar surface area (TPSA) is 81.4 Å². The molecular formula is C14H20N4O3. The Bertz CT molecular complexity index is 549. The average molecular weight is 292 g/mol.